The summed E-state index contributed by atoms with van der Waals surface area (Å²) in [5, 5.41) is 13.2. The Bertz CT molecular complexity index is 682. The number of carbonyl (C=O) groups is 2. The van der Waals surface area contributed by atoms with Gasteiger partial charge >= 0.3 is 12.1 Å². The molecule has 0 spiro atoms. The summed E-state index contributed by atoms with van der Waals surface area (Å²) in [5.74, 6) is 0. The number of halogens is 1. The van der Waals surface area contributed by atoms with Crippen LogP contribution < -0.4 is 5.32 Å². The molecule has 0 unspecified atom stereocenters. The Kier molecular flexibility index (Phi) is 7.60. The lowest BCUT2D eigenvalue weighted by Crippen LogP contribution is -2.39. The first kappa shape index (κ1) is 20.2. The van der Waals surface area contributed by atoms with Gasteiger partial charge in [-0.3, -0.25) is 10.1 Å². The van der Waals surface area contributed by atoms with Crippen LogP contribution in [0.1, 0.15) is 6.92 Å². The van der Waals surface area contributed by atoms with Crippen LogP contribution in [-0.2, 0) is 4.74 Å². The number of nitro groups is 1. The fourth-order valence-corrected chi connectivity index (χ4v) is 1.94. The van der Waals surface area contributed by atoms with Crippen molar-refractivity contribution >= 4 is 41.4 Å². The molecule has 1 aromatic rings. The van der Waals surface area contributed by atoms with Crippen molar-refractivity contribution in [1.29, 1.82) is 0 Å². The van der Waals surface area contributed by atoms with Gasteiger partial charge in [-0.25, -0.2) is 9.59 Å². The van der Waals surface area contributed by atoms with Crippen LogP contribution in [0.5, 0.6) is 0 Å². The van der Waals surface area contributed by atoms with Gasteiger partial charge in [0, 0.05) is 25.8 Å². The molecule has 0 bridgehead atoms. The highest BCUT2D eigenvalue weighted by atomic mass is 35.5. The molecule has 0 aliphatic carbocycles. The lowest BCUT2D eigenvalue weighted by Gasteiger charge is -2.23. The number of carbonyl (C=O) groups excluding carboxylic acids is 2. The molecule has 0 fully saturated rings. The molecule has 1 aromatic carbocycles. The van der Waals surface area contributed by atoms with E-state index in [9.17, 15) is 19.7 Å². The van der Waals surface area contributed by atoms with Crippen LogP contribution in [0.4, 0.5) is 21.0 Å². The zero-order valence-corrected chi connectivity index (χ0v) is 14.7. The van der Waals surface area contributed by atoms with E-state index in [-0.39, 0.29) is 24.0 Å². The molecule has 0 aliphatic heterocycles. The second-order valence-electron chi connectivity index (χ2n) is 4.89. The van der Waals surface area contributed by atoms with Gasteiger partial charge in [-0.15, -0.1) is 0 Å². The molecule has 0 saturated heterocycles. The van der Waals surface area contributed by atoms with Crippen molar-refractivity contribution < 1.29 is 19.2 Å². The summed E-state index contributed by atoms with van der Waals surface area (Å²) in [6.45, 7) is 2.02. The minimum absolute atomic E-state index is 0.0795. The normalized spacial score (nSPS) is 10.4. The summed E-state index contributed by atoms with van der Waals surface area (Å²) in [6, 6.07) is 3.40. The second-order valence-corrected chi connectivity index (χ2v) is 5.30. The van der Waals surface area contributed by atoms with Crippen molar-refractivity contribution in [3.05, 3.63) is 33.3 Å². The van der Waals surface area contributed by atoms with E-state index in [2.05, 4.69) is 15.0 Å². The van der Waals surface area contributed by atoms with Crippen molar-refractivity contribution in [3.63, 3.8) is 0 Å². The van der Waals surface area contributed by atoms with Gasteiger partial charge in [0.1, 0.15) is 5.02 Å². The highest BCUT2D eigenvalue weighted by Gasteiger charge is 2.15. The topological polar surface area (TPSA) is 117 Å². The summed E-state index contributed by atoms with van der Waals surface area (Å²) < 4.78 is 4.64. The van der Waals surface area contributed by atoms with Gasteiger partial charge in [-0.1, -0.05) is 11.6 Å². The van der Waals surface area contributed by atoms with Crippen molar-refractivity contribution in [2.45, 2.75) is 6.92 Å². The third-order valence-electron chi connectivity index (χ3n) is 2.81. The number of hydrogen-bond donors (Lipinski definition) is 1. The van der Waals surface area contributed by atoms with Crippen LogP contribution in [0.2, 0.25) is 5.02 Å². The lowest BCUT2D eigenvalue weighted by atomic mass is 10.3. The molecule has 25 heavy (non-hydrogen) atoms. The smallest absolute Gasteiger partial charge is 0.434 e. The Morgan fingerprint density at radius 2 is 2.12 bits per heavy atom. The fourth-order valence-electron chi connectivity index (χ4n) is 1.69. The molecule has 0 atom stereocenters. The zero-order valence-electron chi connectivity index (χ0n) is 13.9. The molecule has 136 valence electrons. The van der Waals surface area contributed by atoms with Crippen LogP contribution in [0.15, 0.2) is 23.2 Å². The third kappa shape index (κ3) is 6.63. The number of amides is 3. The summed E-state index contributed by atoms with van der Waals surface area (Å²) in [7, 11) is 3.15. The summed E-state index contributed by atoms with van der Waals surface area (Å²) in [4.78, 5) is 39.7. The Morgan fingerprint density at radius 3 is 2.68 bits per heavy atom. The van der Waals surface area contributed by atoms with Crippen molar-refractivity contribution in [3.8, 4) is 0 Å². The van der Waals surface area contributed by atoms with E-state index in [1.807, 2.05) is 0 Å². The number of rotatable bonds is 6. The van der Waals surface area contributed by atoms with E-state index >= 15 is 0 Å². The predicted octanol–water partition coefficient (Wildman–Crippen LogP) is 2.79. The van der Waals surface area contributed by atoms with E-state index in [1.165, 1.54) is 41.4 Å². The maximum atomic E-state index is 12.1. The molecule has 3 amide bonds. The fraction of sp³-hybridized carbons (Fsp3) is 0.357. The average Bonchev–Trinajstić information content (AvgIpc) is 2.52. The minimum atomic E-state index is -0.720. The van der Waals surface area contributed by atoms with E-state index in [1.54, 1.807) is 14.0 Å². The number of nitrogens with zero attached hydrogens (tertiary/aromatic N) is 4. The number of urea groups is 1. The SMILES string of the molecule is CCOC(=O)/N=C/N(C)CN(C)C(=O)Nc1ccc([N+](=O)[O-])c(Cl)c1. The maximum absolute atomic E-state index is 12.1. The predicted molar refractivity (Wildman–Crippen MR) is 93.0 cm³/mol. The number of nitrogens with one attached hydrogen (secondary N) is 1. The molecule has 0 heterocycles. The van der Waals surface area contributed by atoms with E-state index < -0.39 is 17.0 Å². The Labute approximate surface area is 149 Å². The minimum Gasteiger partial charge on any atom is -0.448 e. The largest absolute Gasteiger partial charge is 0.448 e. The molecule has 0 aromatic heterocycles. The average molecular weight is 372 g/mol. The molecule has 1 rings (SSSR count). The Balaban J connectivity index is 2.60. The summed E-state index contributed by atoms with van der Waals surface area (Å²) in [6.07, 6.45) is 0.520. The molecule has 0 radical (unpaired) electrons. The third-order valence-corrected chi connectivity index (χ3v) is 3.11. The molecule has 0 aliphatic rings. The van der Waals surface area contributed by atoms with E-state index in [4.69, 9.17) is 11.6 Å². The molecular weight excluding hydrogens is 354 g/mol. The second kappa shape index (κ2) is 9.42. The monoisotopic (exact) mass is 371 g/mol. The first-order chi connectivity index (χ1) is 11.7. The molecule has 10 nitrogen and oxygen atoms in total. The van der Waals surface area contributed by atoms with Gasteiger partial charge in [0.15, 0.2) is 0 Å². The number of ether oxygens (including phenoxy) is 1. The van der Waals surface area contributed by atoms with Crippen LogP contribution >= 0.6 is 11.6 Å². The van der Waals surface area contributed by atoms with Gasteiger partial charge in [0.25, 0.3) is 5.69 Å². The first-order valence-electron chi connectivity index (χ1n) is 7.11. The highest BCUT2D eigenvalue weighted by Crippen LogP contribution is 2.27. The lowest BCUT2D eigenvalue weighted by molar-refractivity contribution is -0.384. The van der Waals surface area contributed by atoms with E-state index in [0.29, 0.717) is 5.69 Å². The number of hydrogen-bond acceptors (Lipinski definition) is 5. The van der Waals surface area contributed by atoms with Crippen molar-refractivity contribution in [2.24, 2.45) is 4.99 Å². The van der Waals surface area contributed by atoms with Gasteiger partial charge in [-0.2, -0.15) is 4.99 Å². The maximum Gasteiger partial charge on any atom is 0.434 e. The van der Waals surface area contributed by atoms with Gasteiger partial charge in [0.05, 0.1) is 24.5 Å². The first-order valence-corrected chi connectivity index (χ1v) is 7.49. The molecule has 0 saturated carbocycles. The van der Waals surface area contributed by atoms with Crippen LogP contribution in [0, 0.1) is 10.1 Å². The van der Waals surface area contributed by atoms with Gasteiger partial charge in [-0.05, 0) is 19.1 Å². The van der Waals surface area contributed by atoms with E-state index in [0.717, 1.165) is 0 Å². The van der Waals surface area contributed by atoms with Crippen molar-refractivity contribution in [1.82, 2.24) is 9.80 Å². The van der Waals surface area contributed by atoms with Gasteiger partial charge in [0.2, 0.25) is 0 Å². The Morgan fingerprint density at radius 1 is 1.44 bits per heavy atom. The highest BCUT2D eigenvalue weighted by molar-refractivity contribution is 6.33. The molecule has 1 N–H and O–H groups in total. The van der Waals surface area contributed by atoms with Crippen LogP contribution in [-0.4, -0.2) is 60.6 Å². The molecule has 11 heteroatoms. The van der Waals surface area contributed by atoms with Crippen LogP contribution in [0.3, 0.4) is 0 Å². The quantitative estimate of drug-likeness (QED) is 0.270. The van der Waals surface area contributed by atoms with Gasteiger partial charge < -0.3 is 19.9 Å². The number of benzene rings is 1. The molecular formula is C14H18ClN5O5. The van der Waals surface area contributed by atoms with Crippen molar-refractivity contribution in [2.75, 3.05) is 32.7 Å². The number of nitro benzene ring substituents is 1. The number of anilines is 1. The van der Waals surface area contributed by atoms with Crippen LogP contribution in [0.25, 0.3) is 0 Å². The summed E-state index contributed by atoms with van der Waals surface area (Å²) >= 11 is 5.79. The standard InChI is InChI=1S/C14H18ClN5O5/c1-4-25-14(22)16-8-18(2)9-19(3)13(21)17-10-5-6-12(20(23)24)11(15)7-10/h5-8H,4,9H2,1-3H3,(H,17,21)/b16-8+. The number of aliphatic imine (C=N–C) groups is 1. The Hall–Kier alpha value is -2.88. The zero-order chi connectivity index (χ0) is 19.0. The summed E-state index contributed by atoms with van der Waals surface area (Å²) in [5.41, 5.74) is 0.0678.